The van der Waals surface area contributed by atoms with Crippen molar-refractivity contribution in [2.24, 2.45) is 5.92 Å². The van der Waals surface area contributed by atoms with Gasteiger partial charge in [-0.25, -0.2) is 0 Å². The molecular weight excluding hydrogens is 356 g/mol. The monoisotopic (exact) mass is 384 g/mol. The molecule has 1 amide bonds. The number of carbonyl (C=O) groups is 1. The summed E-state index contributed by atoms with van der Waals surface area (Å²) in [5, 5.41) is 0. The molecule has 1 aliphatic heterocycles. The van der Waals surface area contributed by atoms with Crippen LogP contribution in [0.15, 0.2) is 85.2 Å². The number of aromatic nitrogens is 1. The van der Waals surface area contributed by atoms with Crippen LogP contribution in [0.5, 0.6) is 0 Å². The molecule has 0 saturated carbocycles. The zero-order valence-corrected chi connectivity index (χ0v) is 17.0. The molecule has 1 aliphatic rings. The summed E-state index contributed by atoms with van der Waals surface area (Å²) in [6, 6.07) is 24.6. The van der Waals surface area contributed by atoms with Crippen molar-refractivity contribution in [3.63, 3.8) is 0 Å². The molecule has 0 aliphatic carbocycles. The van der Waals surface area contributed by atoms with Gasteiger partial charge in [-0.05, 0) is 60.9 Å². The van der Waals surface area contributed by atoms with Gasteiger partial charge in [-0.1, -0.05) is 60.7 Å². The van der Waals surface area contributed by atoms with Crippen molar-refractivity contribution in [1.82, 2.24) is 9.88 Å². The van der Waals surface area contributed by atoms with E-state index in [4.69, 9.17) is 0 Å². The Morgan fingerprint density at radius 2 is 1.41 bits per heavy atom. The first-order valence-electron chi connectivity index (χ1n) is 10.5. The minimum absolute atomic E-state index is 0.206. The summed E-state index contributed by atoms with van der Waals surface area (Å²) >= 11 is 0. The maximum Gasteiger partial charge on any atom is 0.237 e. The standard InChI is InChI=1S/C26H28N2O/c1-26(23-8-4-2-5-9-23,24-10-6-3-7-11-24)25(29)28-18-14-22(15-19-28)20-21-12-16-27-17-13-21/h2-13,16-17,22H,14-15,18-20H2,1H3. The Kier molecular flexibility index (Phi) is 5.75. The third-order valence-corrected chi connectivity index (χ3v) is 6.31. The zero-order valence-electron chi connectivity index (χ0n) is 17.0. The average Bonchev–Trinajstić information content (AvgIpc) is 2.80. The first-order valence-corrected chi connectivity index (χ1v) is 10.5. The topological polar surface area (TPSA) is 33.2 Å². The predicted octanol–water partition coefficient (Wildman–Crippen LogP) is 4.87. The highest BCUT2D eigenvalue weighted by Crippen LogP contribution is 2.35. The number of amides is 1. The second-order valence-electron chi connectivity index (χ2n) is 8.15. The number of hydrogen-bond acceptors (Lipinski definition) is 2. The lowest BCUT2D eigenvalue weighted by Crippen LogP contribution is -2.49. The van der Waals surface area contributed by atoms with Crippen LogP contribution in [0, 0.1) is 5.92 Å². The van der Waals surface area contributed by atoms with Crippen LogP contribution in [0.25, 0.3) is 0 Å². The third-order valence-electron chi connectivity index (χ3n) is 6.31. The molecule has 0 N–H and O–H groups in total. The first kappa shape index (κ1) is 19.4. The molecule has 3 heteroatoms. The summed E-state index contributed by atoms with van der Waals surface area (Å²) in [7, 11) is 0. The van der Waals surface area contributed by atoms with Crippen LogP contribution >= 0.6 is 0 Å². The second kappa shape index (κ2) is 8.60. The maximum absolute atomic E-state index is 13.8. The summed E-state index contributed by atoms with van der Waals surface area (Å²) in [6.45, 7) is 3.72. The lowest BCUT2D eigenvalue weighted by atomic mass is 9.74. The normalized spacial score (nSPS) is 15.3. The number of rotatable bonds is 5. The van der Waals surface area contributed by atoms with Crippen LogP contribution in [-0.2, 0) is 16.6 Å². The van der Waals surface area contributed by atoms with E-state index >= 15 is 0 Å². The molecule has 1 fully saturated rings. The summed E-state index contributed by atoms with van der Waals surface area (Å²) in [6.07, 6.45) is 6.89. The van der Waals surface area contributed by atoms with E-state index < -0.39 is 5.41 Å². The van der Waals surface area contributed by atoms with Gasteiger partial charge in [-0.15, -0.1) is 0 Å². The minimum atomic E-state index is -0.666. The fraction of sp³-hybridized carbons (Fsp3) is 0.308. The number of piperidine rings is 1. The van der Waals surface area contributed by atoms with Crippen molar-refractivity contribution in [3.8, 4) is 0 Å². The molecule has 1 saturated heterocycles. The SMILES string of the molecule is CC(C(=O)N1CCC(Cc2ccncc2)CC1)(c1ccccc1)c1ccccc1. The molecule has 2 heterocycles. The van der Waals surface area contributed by atoms with Gasteiger partial charge in [0.1, 0.15) is 0 Å². The molecule has 0 radical (unpaired) electrons. The fourth-order valence-electron chi connectivity index (χ4n) is 4.47. The van der Waals surface area contributed by atoms with Gasteiger partial charge in [0.15, 0.2) is 0 Å². The highest BCUT2D eigenvalue weighted by Gasteiger charge is 2.40. The smallest absolute Gasteiger partial charge is 0.237 e. The Balaban J connectivity index is 1.52. The molecular formula is C26H28N2O. The Labute approximate surface area is 173 Å². The van der Waals surface area contributed by atoms with E-state index in [0.29, 0.717) is 5.92 Å². The summed E-state index contributed by atoms with van der Waals surface area (Å²) in [5.41, 5.74) is 2.77. The summed E-state index contributed by atoms with van der Waals surface area (Å²) < 4.78 is 0. The van der Waals surface area contributed by atoms with Gasteiger partial charge in [0, 0.05) is 25.5 Å². The van der Waals surface area contributed by atoms with Gasteiger partial charge in [-0.3, -0.25) is 9.78 Å². The van der Waals surface area contributed by atoms with E-state index in [9.17, 15) is 4.79 Å². The third kappa shape index (κ3) is 4.09. The molecule has 0 spiro atoms. The van der Waals surface area contributed by atoms with E-state index in [0.717, 1.165) is 43.5 Å². The van der Waals surface area contributed by atoms with Crippen LogP contribution in [0.3, 0.4) is 0 Å². The predicted molar refractivity (Wildman–Crippen MR) is 117 cm³/mol. The second-order valence-corrected chi connectivity index (χ2v) is 8.15. The number of pyridine rings is 1. The maximum atomic E-state index is 13.8. The van der Waals surface area contributed by atoms with E-state index in [1.54, 1.807) is 0 Å². The molecule has 3 aromatic rings. The molecule has 3 nitrogen and oxygen atoms in total. The molecule has 2 aromatic carbocycles. The Hall–Kier alpha value is -2.94. The molecule has 0 bridgehead atoms. The Bertz CT molecular complexity index is 877. The average molecular weight is 385 g/mol. The zero-order chi connectivity index (χ0) is 20.1. The number of benzene rings is 2. The van der Waals surface area contributed by atoms with Crippen molar-refractivity contribution in [2.45, 2.75) is 31.6 Å². The van der Waals surface area contributed by atoms with Crippen molar-refractivity contribution < 1.29 is 4.79 Å². The summed E-state index contributed by atoms with van der Waals surface area (Å²) in [5.74, 6) is 0.832. The minimum Gasteiger partial charge on any atom is -0.342 e. The van der Waals surface area contributed by atoms with E-state index in [1.807, 2.05) is 48.8 Å². The molecule has 0 atom stereocenters. The lowest BCUT2D eigenvalue weighted by molar-refractivity contribution is -0.136. The molecule has 4 rings (SSSR count). The number of nitrogens with zero attached hydrogens (tertiary/aromatic N) is 2. The van der Waals surface area contributed by atoms with Crippen molar-refractivity contribution in [2.75, 3.05) is 13.1 Å². The Morgan fingerprint density at radius 1 is 0.897 bits per heavy atom. The fourth-order valence-corrected chi connectivity index (χ4v) is 4.47. The Morgan fingerprint density at radius 3 is 1.93 bits per heavy atom. The van der Waals surface area contributed by atoms with Gasteiger partial charge in [-0.2, -0.15) is 0 Å². The quantitative estimate of drug-likeness (QED) is 0.629. The van der Waals surface area contributed by atoms with E-state index in [-0.39, 0.29) is 5.91 Å². The molecule has 29 heavy (non-hydrogen) atoms. The largest absolute Gasteiger partial charge is 0.342 e. The van der Waals surface area contributed by atoms with Crippen molar-refractivity contribution >= 4 is 5.91 Å². The van der Waals surface area contributed by atoms with Crippen LogP contribution in [0.1, 0.15) is 36.5 Å². The molecule has 148 valence electrons. The highest BCUT2D eigenvalue weighted by molar-refractivity contribution is 5.91. The van der Waals surface area contributed by atoms with Crippen molar-refractivity contribution in [1.29, 1.82) is 0 Å². The van der Waals surface area contributed by atoms with Gasteiger partial charge in [0.05, 0.1) is 5.41 Å². The van der Waals surface area contributed by atoms with Crippen LogP contribution < -0.4 is 0 Å². The molecule has 1 aromatic heterocycles. The summed E-state index contributed by atoms with van der Waals surface area (Å²) in [4.78, 5) is 20.0. The van der Waals surface area contributed by atoms with E-state index in [1.165, 1.54) is 5.56 Å². The van der Waals surface area contributed by atoms with Crippen molar-refractivity contribution in [3.05, 3.63) is 102 Å². The van der Waals surface area contributed by atoms with E-state index in [2.05, 4.69) is 53.2 Å². The first-order chi connectivity index (χ1) is 14.2. The van der Waals surface area contributed by atoms with Gasteiger partial charge in [0.2, 0.25) is 5.91 Å². The lowest BCUT2D eigenvalue weighted by Gasteiger charge is -2.39. The number of likely N-dealkylation sites (tertiary alicyclic amines) is 1. The number of hydrogen-bond donors (Lipinski definition) is 0. The van der Waals surface area contributed by atoms with Crippen LogP contribution in [0.2, 0.25) is 0 Å². The van der Waals surface area contributed by atoms with Crippen LogP contribution in [0.4, 0.5) is 0 Å². The number of carbonyl (C=O) groups excluding carboxylic acids is 1. The molecule has 0 unspecified atom stereocenters. The van der Waals surface area contributed by atoms with Gasteiger partial charge < -0.3 is 4.90 Å². The van der Waals surface area contributed by atoms with Gasteiger partial charge >= 0.3 is 0 Å². The van der Waals surface area contributed by atoms with Crippen LogP contribution in [-0.4, -0.2) is 28.9 Å². The highest BCUT2D eigenvalue weighted by atomic mass is 16.2. The van der Waals surface area contributed by atoms with Gasteiger partial charge in [0.25, 0.3) is 0 Å².